The van der Waals surface area contributed by atoms with Crippen molar-refractivity contribution in [2.45, 2.75) is 78.0 Å². The summed E-state index contributed by atoms with van der Waals surface area (Å²) >= 11 is 0. The van der Waals surface area contributed by atoms with Gasteiger partial charge < -0.3 is 25.8 Å². The summed E-state index contributed by atoms with van der Waals surface area (Å²) in [4.78, 5) is 60.9. The van der Waals surface area contributed by atoms with E-state index in [9.17, 15) is 24.0 Å². The number of nitrogens with one attached hydrogen (secondary N) is 3. The largest absolute Gasteiger partial charge is 0.481 e. The second-order valence-corrected chi connectivity index (χ2v) is 9.72. The van der Waals surface area contributed by atoms with Gasteiger partial charge in [0.05, 0.1) is 12.5 Å². The molecule has 0 radical (unpaired) electrons. The Hall–Kier alpha value is -3.43. The summed E-state index contributed by atoms with van der Waals surface area (Å²) in [6.45, 7) is 8.44. The van der Waals surface area contributed by atoms with Crippen LogP contribution in [-0.4, -0.2) is 59.0 Å². The van der Waals surface area contributed by atoms with E-state index in [0.717, 1.165) is 5.56 Å². The van der Waals surface area contributed by atoms with Crippen molar-refractivity contribution in [1.29, 1.82) is 0 Å². The quantitative estimate of drug-likeness (QED) is 0.330. The fourth-order valence-corrected chi connectivity index (χ4v) is 3.19. The third-order valence-electron chi connectivity index (χ3n) is 4.72. The van der Waals surface area contributed by atoms with Gasteiger partial charge in [0.2, 0.25) is 11.8 Å². The molecule has 1 aromatic rings. The van der Waals surface area contributed by atoms with Crippen LogP contribution in [0.5, 0.6) is 0 Å². The van der Waals surface area contributed by atoms with Crippen LogP contribution < -0.4 is 16.0 Å². The maximum absolute atomic E-state index is 13.1. The van der Waals surface area contributed by atoms with Gasteiger partial charge in [-0.25, -0.2) is 4.79 Å². The second-order valence-electron chi connectivity index (χ2n) is 9.72. The molecule has 0 bridgehead atoms. The predicted molar refractivity (Wildman–Crippen MR) is 130 cm³/mol. The average Bonchev–Trinajstić information content (AvgIpc) is 2.74. The molecule has 0 heterocycles. The van der Waals surface area contributed by atoms with E-state index in [2.05, 4.69) is 16.0 Å². The Morgan fingerprint density at radius 2 is 1.57 bits per heavy atom. The number of hydrogen-bond acceptors (Lipinski definition) is 6. The number of aliphatic carboxylic acids is 1. The number of carbonyl (C=O) groups is 5. The number of alkyl carbamates (subject to hydrolysis) is 1. The fraction of sp³-hybridized carbons (Fsp3) is 0.560. The number of hydrogen-bond donors (Lipinski definition) is 4. The zero-order chi connectivity index (χ0) is 26.6. The Kier molecular flexibility index (Phi) is 11.9. The lowest BCUT2D eigenvalue weighted by Gasteiger charge is -2.24. The van der Waals surface area contributed by atoms with E-state index < -0.39 is 48.1 Å². The Morgan fingerprint density at radius 1 is 0.943 bits per heavy atom. The predicted octanol–water partition coefficient (Wildman–Crippen LogP) is 2.20. The maximum atomic E-state index is 13.1. The minimum Gasteiger partial charge on any atom is -0.481 e. The number of Topliss-reactive ketones (excluding diaryl/α,β-unsaturated/α-hetero) is 1. The summed E-state index contributed by atoms with van der Waals surface area (Å²) in [5.74, 6) is -2.60. The molecule has 0 saturated heterocycles. The van der Waals surface area contributed by atoms with Crippen LogP contribution in [0.2, 0.25) is 0 Å². The summed E-state index contributed by atoms with van der Waals surface area (Å²) in [5, 5.41) is 16.5. The van der Waals surface area contributed by atoms with E-state index in [0.29, 0.717) is 6.42 Å². The molecule has 35 heavy (non-hydrogen) atoms. The van der Waals surface area contributed by atoms with E-state index in [1.807, 2.05) is 19.9 Å². The molecule has 3 amide bonds. The number of benzene rings is 1. The Bertz CT molecular complexity index is 879. The second kappa shape index (κ2) is 14.1. The molecule has 10 heteroatoms. The fourth-order valence-electron chi connectivity index (χ4n) is 3.19. The van der Waals surface area contributed by atoms with Crippen LogP contribution in [0.15, 0.2) is 30.3 Å². The Balaban J connectivity index is 2.93. The smallest absolute Gasteiger partial charge is 0.408 e. The topological polar surface area (TPSA) is 151 Å². The third-order valence-corrected chi connectivity index (χ3v) is 4.72. The summed E-state index contributed by atoms with van der Waals surface area (Å²) in [6.07, 6.45) is -0.816. The van der Waals surface area contributed by atoms with Gasteiger partial charge in [0.1, 0.15) is 18.2 Å². The number of ether oxygens (including phenoxy) is 1. The van der Waals surface area contributed by atoms with Crippen molar-refractivity contribution in [2.75, 3.05) is 6.54 Å². The first-order valence-corrected chi connectivity index (χ1v) is 11.6. The van der Waals surface area contributed by atoms with Gasteiger partial charge in [0, 0.05) is 12.8 Å². The molecule has 0 aromatic heterocycles. The van der Waals surface area contributed by atoms with Gasteiger partial charge in [-0.1, -0.05) is 44.2 Å². The standard InChI is InChI=1S/C25H37N3O7/c1-16(2)13-18(20(29)11-12-22(31)32)28-23(33)19(14-17-9-7-6-8-10-17)27-21(30)15-26-24(34)35-25(3,4)5/h6-10,16,18-19H,11-15H2,1-5H3,(H,26,34)(H,27,30)(H,28,33)(H,31,32). The molecule has 10 nitrogen and oxygen atoms in total. The van der Waals surface area contributed by atoms with Gasteiger partial charge in [-0.05, 0) is 38.7 Å². The van der Waals surface area contributed by atoms with Gasteiger partial charge in [-0.15, -0.1) is 0 Å². The first-order valence-electron chi connectivity index (χ1n) is 11.6. The lowest BCUT2D eigenvalue weighted by atomic mass is 9.96. The van der Waals surface area contributed by atoms with E-state index in [1.54, 1.807) is 45.0 Å². The van der Waals surface area contributed by atoms with Crippen molar-refractivity contribution < 1.29 is 33.8 Å². The minimum atomic E-state index is -1.10. The SMILES string of the molecule is CC(C)CC(NC(=O)C(Cc1ccccc1)NC(=O)CNC(=O)OC(C)(C)C)C(=O)CCC(=O)O. The Labute approximate surface area is 206 Å². The molecule has 194 valence electrons. The van der Waals surface area contributed by atoms with Gasteiger partial charge in [-0.2, -0.15) is 0 Å². The van der Waals surface area contributed by atoms with Crippen molar-refractivity contribution in [2.24, 2.45) is 5.92 Å². The summed E-state index contributed by atoms with van der Waals surface area (Å²) in [6, 6.07) is 7.12. The number of amides is 3. The van der Waals surface area contributed by atoms with Gasteiger partial charge >= 0.3 is 12.1 Å². The summed E-state index contributed by atoms with van der Waals surface area (Å²) in [7, 11) is 0. The molecule has 0 aliphatic carbocycles. The highest BCUT2D eigenvalue weighted by Gasteiger charge is 2.28. The number of ketones is 1. The third kappa shape index (κ3) is 13.1. The van der Waals surface area contributed by atoms with Crippen LogP contribution in [0.4, 0.5) is 4.79 Å². The summed E-state index contributed by atoms with van der Waals surface area (Å²) in [5.41, 5.74) is 0.0557. The molecule has 1 rings (SSSR count). The normalized spacial score (nSPS) is 12.9. The van der Waals surface area contributed by atoms with Crippen molar-refractivity contribution in [1.82, 2.24) is 16.0 Å². The van der Waals surface area contributed by atoms with E-state index in [1.165, 1.54) is 0 Å². The van der Waals surface area contributed by atoms with Crippen LogP contribution in [-0.2, 0) is 30.3 Å². The molecule has 1 aromatic carbocycles. The molecular weight excluding hydrogens is 454 g/mol. The molecule has 4 N–H and O–H groups in total. The van der Waals surface area contributed by atoms with E-state index in [-0.39, 0.29) is 31.0 Å². The van der Waals surface area contributed by atoms with Crippen molar-refractivity contribution in [3.8, 4) is 0 Å². The maximum Gasteiger partial charge on any atom is 0.408 e. The van der Waals surface area contributed by atoms with Crippen LogP contribution in [0, 0.1) is 5.92 Å². The van der Waals surface area contributed by atoms with Crippen molar-refractivity contribution in [3.05, 3.63) is 35.9 Å². The first-order chi connectivity index (χ1) is 16.3. The average molecular weight is 492 g/mol. The highest BCUT2D eigenvalue weighted by molar-refractivity contribution is 5.94. The number of rotatable bonds is 13. The van der Waals surface area contributed by atoms with Gasteiger partial charge in [0.15, 0.2) is 5.78 Å². The van der Waals surface area contributed by atoms with Gasteiger partial charge in [-0.3, -0.25) is 19.2 Å². The first kappa shape index (κ1) is 29.6. The minimum absolute atomic E-state index is 0.0641. The monoisotopic (exact) mass is 491 g/mol. The molecule has 0 saturated carbocycles. The molecule has 0 fully saturated rings. The zero-order valence-corrected chi connectivity index (χ0v) is 21.1. The molecule has 2 atom stereocenters. The highest BCUT2D eigenvalue weighted by Crippen LogP contribution is 2.11. The van der Waals surface area contributed by atoms with Gasteiger partial charge in [0.25, 0.3) is 0 Å². The molecular formula is C25H37N3O7. The zero-order valence-electron chi connectivity index (χ0n) is 21.1. The van der Waals surface area contributed by atoms with Crippen LogP contribution >= 0.6 is 0 Å². The van der Waals surface area contributed by atoms with Crippen molar-refractivity contribution in [3.63, 3.8) is 0 Å². The molecule has 0 aliphatic heterocycles. The molecule has 2 unspecified atom stereocenters. The molecule has 0 spiro atoms. The number of carbonyl (C=O) groups excluding carboxylic acids is 4. The number of carboxylic acid groups (broad SMARTS) is 1. The van der Waals surface area contributed by atoms with Crippen LogP contribution in [0.1, 0.15) is 59.4 Å². The van der Waals surface area contributed by atoms with Crippen molar-refractivity contribution >= 4 is 29.7 Å². The van der Waals surface area contributed by atoms with E-state index in [4.69, 9.17) is 9.84 Å². The lowest BCUT2D eigenvalue weighted by molar-refractivity contribution is -0.139. The van der Waals surface area contributed by atoms with Crippen LogP contribution in [0.25, 0.3) is 0 Å². The molecule has 0 aliphatic rings. The highest BCUT2D eigenvalue weighted by atomic mass is 16.6. The lowest BCUT2D eigenvalue weighted by Crippen LogP contribution is -2.54. The van der Waals surface area contributed by atoms with Crippen LogP contribution in [0.3, 0.4) is 0 Å². The number of carboxylic acids is 1. The van der Waals surface area contributed by atoms with E-state index >= 15 is 0 Å². The Morgan fingerprint density at radius 3 is 2.11 bits per heavy atom. The summed E-state index contributed by atoms with van der Waals surface area (Å²) < 4.78 is 5.10.